The number of amides is 2. The zero-order valence-corrected chi connectivity index (χ0v) is 12.5. The third-order valence-electron chi connectivity index (χ3n) is 4.13. The van der Waals surface area contributed by atoms with Crippen LogP contribution >= 0.6 is 0 Å². The van der Waals surface area contributed by atoms with Gasteiger partial charge in [0.15, 0.2) is 0 Å². The minimum atomic E-state index is -0.815. The number of furan rings is 1. The minimum Gasteiger partial charge on any atom is -0.481 e. The van der Waals surface area contributed by atoms with E-state index in [1.165, 1.54) is 4.90 Å². The molecule has 0 saturated heterocycles. The Morgan fingerprint density at radius 2 is 2.05 bits per heavy atom. The van der Waals surface area contributed by atoms with Crippen molar-refractivity contribution in [3.63, 3.8) is 0 Å². The van der Waals surface area contributed by atoms with Gasteiger partial charge in [0.25, 0.3) is 0 Å². The van der Waals surface area contributed by atoms with Crippen molar-refractivity contribution in [2.24, 2.45) is 5.41 Å². The Bertz CT molecular complexity index is 517. The molecule has 6 heteroatoms. The highest BCUT2D eigenvalue weighted by atomic mass is 16.4. The zero-order chi connectivity index (χ0) is 15.5. The first-order valence-electron chi connectivity index (χ1n) is 7.21. The third kappa shape index (κ3) is 3.56. The van der Waals surface area contributed by atoms with Gasteiger partial charge in [-0.2, -0.15) is 0 Å². The first-order valence-corrected chi connectivity index (χ1v) is 7.21. The maximum absolute atomic E-state index is 12.1. The summed E-state index contributed by atoms with van der Waals surface area (Å²) in [4.78, 5) is 25.0. The molecule has 1 heterocycles. The first-order chi connectivity index (χ1) is 9.93. The van der Waals surface area contributed by atoms with Crippen LogP contribution in [0.3, 0.4) is 0 Å². The standard InChI is InChI=1S/C15H22N2O4/c1-11-5-6-12(21-11)9-17(2)14(20)16-10-15(13(18)19)7-3-4-8-15/h5-6H,3-4,7-10H2,1-2H3,(H,16,20)(H,18,19). The normalized spacial score (nSPS) is 16.7. The topological polar surface area (TPSA) is 82.8 Å². The van der Waals surface area contributed by atoms with Crippen molar-refractivity contribution in [2.75, 3.05) is 13.6 Å². The first kappa shape index (κ1) is 15.4. The van der Waals surface area contributed by atoms with Crippen LogP contribution in [0.2, 0.25) is 0 Å². The molecule has 1 aliphatic rings. The van der Waals surface area contributed by atoms with E-state index in [-0.39, 0.29) is 12.6 Å². The molecule has 0 bridgehead atoms. The Morgan fingerprint density at radius 3 is 2.57 bits per heavy atom. The molecule has 116 valence electrons. The highest BCUT2D eigenvalue weighted by Crippen LogP contribution is 2.37. The van der Waals surface area contributed by atoms with Gasteiger partial charge in [0.2, 0.25) is 0 Å². The van der Waals surface area contributed by atoms with Gasteiger partial charge in [-0.1, -0.05) is 12.8 Å². The summed E-state index contributed by atoms with van der Waals surface area (Å²) >= 11 is 0. The number of nitrogens with zero attached hydrogens (tertiary/aromatic N) is 1. The largest absolute Gasteiger partial charge is 0.481 e. The molecule has 0 aliphatic heterocycles. The molecule has 0 aromatic carbocycles. The number of carbonyl (C=O) groups is 2. The Balaban J connectivity index is 1.87. The van der Waals surface area contributed by atoms with E-state index in [2.05, 4.69) is 5.32 Å². The number of urea groups is 1. The summed E-state index contributed by atoms with van der Waals surface area (Å²) in [7, 11) is 1.66. The van der Waals surface area contributed by atoms with Crippen LogP contribution in [0.1, 0.15) is 37.2 Å². The van der Waals surface area contributed by atoms with Gasteiger partial charge in [0, 0.05) is 13.6 Å². The molecule has 1 aromatic rings. The Morgan fingerprint density at radius 1 is 1.38 bits per heavy atom. The highest BCUT2D eigenvalue weighted by Gasteiger charge is 2.41. The predicted octanol–water partition coefficient (Wildman–Crippen LogP) is 2.37. The van der Waals surface area contributed by atoms with E-state index in [0.29, 0.717) is 25.1 Å². The highest BCUT2D eigenvalue weighted by molar-refractivity contribution is 5.78. The van der Waals surface area contributed by atoms with Crippen molar-refractivity contribution in [1.29, 1.82) is 0 Å². The second-order valence-corrected chi connectivity index (χ2v) is 5.82. The van der Waals surface area contributed by atoms with Gasteiger partial charge in [-0.25, -0.2) is 4.79 Å². The lowest BCUT2D eigenvalue weighted by molar-refractivity contribution is -0.148. The van der Waals surface area contributed by atoms with E-state index in [9.17, 15) is 14.7 Å². The third-order valence-corrected chi connectivity index (χ3v) is 4.13. The van der Waals surface area contributed by atoms with Gasteiger partial charge in [-0.3, -0.25) is 4.79 Å². The van der Waals surface area contributed by atoms with Crippen LogP contribution in [0.15, 0.2) is 16.5 Å². The van der Waals surface area contributed by atoms with Crippen molar-refractivity contribution in [1.82, 2.24) is 10.2 Å². The molecule has 0 atom stereocenters. The molecule has 6 nitrogen and oxygen atoms in total. The summed E-state index contributed by atoms with van der Waals surface area (Å²) in [5.41, 5.74) is -0.794. The van der Waals surface area contributed by atoms with Crippen LogP contribution < -0.4 is 5.32 Å². The number of carboxylic acids is 1. The van der Waals surface area contributed by atoms with E-state index < -0.39 is 11.4 Å². The molecule has 2 rings (SSSR count). The molecule has 1 fully saturated rings. The van der Waals surface area contributed by atoms with Crippen LogP contribution in [0.5, 0.6) is 0 Å². The maximum Gasteiger partial charge on any atom is 0.317 e. The van der Waals surface area contributed by atoms with Gasteiger partial charge in [0.1, 0.15) is 11.5 Å². The van der Waals surface area contributed by atoms with Crippen LogP contribution in [-0.2, 0) is 11.3 Å². The average molecular weight is 294 g/mol. The molecule has 1 aromatic heterocycles. The fraction of sp³-hybridized carbons (Fsp3) is 0.600. The lowest BCUT2D eigenvalue weighted by Crippen LogP contribution is -2.45. The van der Waals surface area contributed by atoms with Crippen molar-refractivity contribution < 1.29 is 19.1 Å². The second kappa shape index (κ2) is 6.20. The van der Waals surface area contributed by atoms with E-state index in [1.807, 2.05) is 19.1 Å². The second-order valence-electron chi connectivity index (χ2n) is 5.82. The molecular weight excluding hydrogens is 272 g/mol. The van der Waals surface area contributed by atoms with Crippen molar-refractivity contribution in [3.05, 3.63) is 23.7 Å². The molecule has 2 N–H and O–H groups in total. The lowest BCUT2D eigenvalue weighted by Gasteiger charge is -2.25. The molecule has 21 heavy (non-hydrogen) atoms. The molecule has 1 saturated carbocycles. The summed E-state index contributed by atoms with van der Waals surface area (Å²) in [5, 5.41) is 12.1. The van der Waals surface area contributed by atoms with Gasteiger partial charge in [0.05, 0.1) is 12.0 Å². The summed E-state index contributed by atoms with van der Waals surface area (Å²) in [6.45, 7) is 2.39. The van der Waals surface area contributed by atoms with Crippen LogP contribution in [0.4, 0.5) is 4.79 Å². The van der Waals surface area contributed by atoms with Crippen LogP contribution in [0, 0.1) is 12.3 Å². The molecule has 0 unspecified atom stereocenters. The SMILES string of the molecule is Cc1ccc(CN(C)C(=O)NCC2(C(=O)O)CCCC2)o1. The zero-order valence-electron chi connectivity index (χ0n) is 12.5. The van der Waals surface area contributed by atoms with Gasteiger partial charge in [-0.05, 0) is 31.9 Å². The summed E-state index contributed by atoms with van der Waals surface area (Å²) in [6.07, 6.45) is 3.07. The quantitative estimate of drug-likeness (QED) is 0.873. The van der Waals surface area contributed by atoms with Crippen molar-refractivity contribution >= 4 is 12.0 Å². The number of nitrogens with one attached hydrogen (secondary N) is 1. The number of hydrogen-bond acceptors (Lipinski definition) is 3. The van der Waals surface area contributed by atoms with E-state index in [1.54, 1.807) is 7.05 Å². The maximum atomic E-state index is 12.1. The smallest absolute Gasteiger partial charge is 0.317 e. The van der Waals surface area contributed by atoms with E-state index in [0.717, 1.165) is 18.6 Å². The Labute approximate surface area is 124 Å². The molecule has 0 spiro atoms. The van der Waals surface area contributed by atoms with Crippen molar-refractivity contribution in [3.8, 4) is 0 Å². The number of carboxylic acid groups (broad SMARTS) is 1. The van der Waals surface area contributed by atoms with Crippen LogP contribution in [-0.4, -0.2) is 35.6 Å². The molecule has 2 amide bonds. The fourth-order valence-electron chi connectivity index (χ4n) is 2.77. The summed E-state index contributed by atoms with van der Waals surface area (Å²) in [5.74, 6) is 0.693. The minimum absolute atomic E-state index is 0.183. The van der Waals surface area contributed by atoms with Gasteiger partial charge < -0.3 is 19.7 Å². The monoisotopic (exact) mass is 294 g/mol. The van der Waals surface area contributed by atoms with Gasteiger partial charge >= 0.3 is 12.0 Å². The van der Waals surface area contributed by atoms with E-state index >= 15 is 0 Å². The molecular formula is C15H22N2O4. The van der Waals surface area contributed by atoms with E-state index in [4.69, 9.17) is 4.42 Å². The predicted molar refractivity (Wildman–Crippen MR) is 76.8 cm³/mol. The number of hydrogen-bond donors (Lipinski definition) is 2. The number of aliphatic carboxylic acids is 1. The number of aryl methyl sites for hydroxylation is 1. The average Bonchev–Trinajstić information content (AvgIpc) is 3.06. The summed E-state index contributed by atoms with van der Waals surface area (Å²) < 4.78 is 5.42. The Kier molecular flexibility index (Phi) is 4.55. The van der Waals surface area contributed by atoms with Crippen LogP contribution in [0.25, 0.3) is 0 Å². The number of carbonyl (C=O) groups excluding carboxylic acids is 1. The summed E-state index contributed by atoms with van der Waals surface area (Å²) in [6, 6.07) is 3.39. The number of rotatable bonds is 5. The van der Waals surface area contributed by atoms with Crippen molar-refractivity contribution in [2.45, 2.75) is 39.2 Å². The fourth-order valence-corrected chi connectivity index (χ4v) is 2.77. The Hall–Kier alpha value is -1.98. The lowest BCUT2D eigenvalue weighted by atomic mass is 9.86. The molecule has 0 radical (unpaired) electrons. The molecule has 1 aliphatic carbocycles. The van der Waals surface area contributed by atoms with Gasteiger partial charge in [-0.15, -0.1) is 0 Å².